The van der Waals surface area contributed by atoms with Crippen LogP contribution in [0.5, 0.6) is 0 Å². The Hall–Kier alpha value is -7.68. The number of aromatic nitrogens is 1. The molecule has 11 aromatic rings. The van der Waals surface area contributed by atoms with Gasteiger partial charge in [0.1, 0.15) is 0 Å². The van der Waals surface area contributed by atoms with Crippen LogP contribution >= 0.6 is 0 Å². The largest absolute Gasteiger partial charge is 0.310 e. The van der Waals surface area contributed by atoms with Gasteiger partial charge in [0.25, 0.3) is 0 Å². The van der Waals surface area contributed by atoms with Crippen LogP contribution in [0.3, 0.4) is 0 Å². The highest BCUT2D eigenvalue weighted by molar-refractivity contribution is 6.18. The minimum atomic E-state index is 1.10. The first kappa shape index (κ1) is 33.6. The molecule has 0 fully saturated rings. The Bertz CT molecular complexity index is 3260. The lowest BCUT2D eigenvalue weighted by Gasteiger charge is -2.27. The van der Waals surface area contributed by atoms with Gasteiger partial charge in [0.15, 0.2) is 0 Å². The Balaban J connectivity index is 1.21. The number of benzene rings is 10. The van der Waals surface area contributed by atoms with E-state index in [1.54, 1.807) is 0 Å². The zero-order chi connectivity index (χ0) is 38.4. The van der Waals surface area contributed by atoms with Crippen molar-refractivity contribution in [3.05, 3.63) is 231 Å². The quantitative estimate of drug-likeness (QED) is 0.158. The van der Waals surface area contributed by atoms with Crippen molar-refractivity contribution in [2.24, 2.45) is 0 Å². The number of fused-ring (bicyclic) bond motifs is 5. The lowest BCUT2D eigenvalue weighted by atomic mass is 9.88. The predicted octanol–water partition coefficient (Wildman–Crippen LogP) is 15.6. The van der Waals surface area contributed by atoms with Crippen molar-refractivity contribution < 1.29 is 0 Å². The zero-order valence-electron chi connectivity index (χ0n) is 31.8. The number of hydrogen-bond acceptors (Lipinski definition) is 1. The van der Waals surface area contributed by atoms with Crippen LogP contribution in [0.4, 0.5) is 17.1 Å². The number of nitrogens with zero attached hydrogens (tertiary/aromatic N) is 2. The second-order valence-corrected chi connectivity index (χ2v) is 14.9. The van der Waals surface area contributed by atoms with Crippen molar-refractivity contribution in [3.8, 4) is 39.1 Å². The monoisotopic (exact) mass is 738 g/mol. The molecule has 11 rings (SSSR count). The summed E-state index contributed by atoms with van der Waals surface area (Å²) in [4.78, 5) is 2.41. The van der Waals surface area contributed by atoms with E-state index >= 15 is 0 Å². The van der Waals surface area contributed by atoms with Crippen LogP contribution < -0.4 is 4.90 Å². The molecule has 0 bridgehead atoms. The van der Waals surface area contributed by atoms with Gasteiger partial charge in [0, 0.05) is 27.7 Å². The molecule has 0 amide bonds. The molecule has 10 aromatic carbocycles. The standard InChI is InChI=1S/C56H38N2/c1-3-17-39(18-4-1)40-35-37-44(38-36-40)57(43-23-5-2-6-24-43)53-33-16-34-54-56(53)50-27-11-12-31-51(50)58(54)52-32-15-30-49(47-28-13-21-41-19-7-9-25-45(41)47)55(52)48-29-14-22-42-20-8-10-26-46(42)48/h1-38H. The molecule has 2 heteroatoms. The summed E-state index contributed by atoms with van der Waals surface area (Å²) in [6, 6.07) is 83.7. The Kier molecular flexibility index (Phi) is 8.19. The molecule has 0 saturated heterocycles. The topological polar surface area (TPSA) is 8.17 Å². The first-order chi connectivity index (χ1) is 28.8. The van der Waals surface area contributed by atoms with Crippen molar-refractivity contribution in [1.82, 2.24) is 4.57 Å². The van der Waals surface area contributed by atoms with E-state index < -0.39 is 0 Å². The molecule has 1 aromatic heterocycles. The number of anilines is 3. The lowest BCUT2D eigenvalue weighted by Crippen LogP contribution is -2.10. The van der Waals surface area contributed by atoms with Crippen LogP contribution in [0.1, 0.15) is 0 Å². The van der Waals surface area contributed by atoms with Crippen LogP contribution in [0.25, 0.3) is 82.4 Å². The molecule has 0 aliphatic rings. The molecule has 58 heavy (non-hydrogen) atoms. The first-order valence-electron chi connectivity index (χ1n) is 19.9. The van der Waals surface area contributed by atoms with Gasteiger partial charge in [-0.2, -0.15) is 0 Å². The minimum absolute atomic E-state index is 1.10. The average Bonchev–Trinajstić information content (AvgIpc) is 3.64. The van der Waals surface area contributed by atoms with Crippen molar-refractivity contribution in [2.75, 3.05) is 4.90 Å². The molecule has 0 N–H and O–H groups in total. The van der Waals surface area contributed by atoms with E-state index in [-0.39, 0.29) is 0 Å². The second-order valence-electron chi connectivity index (χ2n) is 14.9. The van der Waals surface area contributed by atoms with Gasteiger partial charge in [-0.15, -0.1) is 0 Å². The summed E-state index contributed by atoms with van der Waals surface area (Å²) >= 11 is 0. The molecule has 0 radical (unpaired) electrons. The summed E-state index contributed by atoms with van der Waals surface area (Å²) in [5, 5.41) is 7.33. The van der Waals surface area contributed by atoms with Crippen molar-refractivity contribution in [1.29, 1.82) is 0 Å². The zero-order valence-corrected chi connectivity index (χ0v) is 31.8. The van der Waals surface area contributed by atoms with Crippen LogP contribution in [0.15, 0.2) is 231 Å². The first-order valence-corrected chi connectivity index (χ1v) is 19.9. The molecule has 2 nitrogen and oxygen atoms in total. The maximum Gasteiger partial charge on any atom is 0.0562 e. The molecule has 0 spiro atoms. The third-order valence-corrected chi connectivity index (χ3v) is 11.6. The highest BCUT2D eigenvalue weighted by Gasteiger charge is 2.24. The van der Waals surface area contributed by atoms with Crippen LogP contribution in [-0.2, 0) is 0 Å². The van der Waals surface area contributed by atoms with Gasteiger partial charge in [-0.3, -0.25) is 0 Å². The van der Waals surface area contributed by atoms with Gasteiger partial charge in [0.2, 0.25) is 0 Å². The molecule has 0 atom stereocenters. The van der Waals surface area contributed by atoms with E-state index in [4.69, 9.17) is 0 Å². The summed E-state index contributed by atoms with van der Waals surface area (Å²) in [6.07, 6.45) is 0. The summed E-state index contributed by atoms with van der Waals surface area (Å²) in [6.45, 7) is 0. The van der Waals surface area contributed by atoms with Crippen molar-refractivity contribution in [3.63, 3.8) is 0 Å². The maximum absolute atomic E-state index is 2.50. The molecular weight excluding hydrogens is 701 g/mol. The van der Waals surface area contributed by atoms with E-state index in [9.17, 15) is 0 Å². The number of hydrogen-bond donors (Lipinski definition) is 0. The Labute approximate surface area is 338 Å². The fraction of sp³-hybridized carbons (Fsp3) is 0. The van der Waals surface area contributed by atoms with Gasteiger partial charge in [-0.05, 0) is 97.9 Å². The summed E-state index contributed by atoms with van der Waals surface area (Å²) < 4.78 is 2.50. The molecule has 0 unspecified atom stereocenters. The maximum atomic E-state index is 2.50. The van der Waals surface area contributed by atoms with Gasteiger partial charge in [-0.25, -0.2) is 0 Å². The summed E-state index contributed by atoms with van der Waals surface area (Å²) in [7, 11) is 0. The Morgan fingerprint density at radius 2 is 0.810 bits per heavy atom. The second kappa shape index (κ2) is 14.1. The molecule has 1 heterocycles. The van der Waals surface area contributed by atoms with E-state index in [1.165, 1.54) is 65.7 Å². The molecular formula is C56H38N2. The minimum Gasteiger partial charge on any atom is -0.310 e. The highest BCUT2D eigenvalue weighted by atomic mass is 15.1. The third kappa shape index (κ3) is 5.57. The fourth-order valence-electron chi connectivity index (χ4n) is 9.02. The van der Waals surface area contributed by atoms with Gasteiger partial charge < -0.3 is 9.47 Å². The van der Waals surface area contributed by atoms with Gasteiger partial charge in [-0.1, -0.05) is 182 Å². The highest BCUT2D eigenvalue weighted by Crippen LogP contribution is 2.48. The van der Waals surface area contributed by atoms with E-state index in [0.717, 1.165) is 33.8 Å². The molecule has 272 valence electrons. The average molecular weight is 739 g/mol. The van der Waals surface area contributed by atoms with E-state index in [1.807, 2.05) is 0 Å². The Morgan fingerprint density at radius 3 is 1.55 bits per heavy atom. The van der Waals surface area contributed by atoms with E-state index in [2.05, 4.69) is 240 Å². The predicted molar refractivity (Wildman–Crippen MR) is 247 cm³/mol. The van der Waals surface area contributed by atoms with Crippen LogP contribution in [-0.4, -0.2) is 4.57 Å². The Morgan fingerprint density at radius 1 is 0.310 bits per heavy atom. The number of para-hydroxylation sites is 2. The van der Waals surface area contributed by atoms with Gasteiger partial charge >= 0.3 is 0 Å². The SMILES string of the molecule is c1ccc(-c2ccc(N(c3ccccc3)c3cccc4c3c3ccccc3n4-c3cccc(-c4cccc5ccccc45)c3-c3cccc4ccccc34)cc2)cc1. The lowest BCUT2D eigenvalue weighted by molar-refractivity contribution is 1.18. The normalized spacial score (nSPS) is 11.4. The van der Waals surface area contributed by atoms with Crippen LogP contribution in [0, 0.1) is 0 Å². The molecule has 0 saturated carbocycles. The van der Waals surface area contributed by atoms with Gasteiger partial charge in [0.05, 0.1) is 22.4 Å². The van der Waals surface area contributed by atoms with Crippen molar-refractivity contribution >= 4 is 60.4 Å². The smallest absolute Gasteiger partial charge is 0.0562 e. The summed E-state index contributed by atoms with van der Waals surface area (Å²) in [5.74, 6) is 0. The van der Waals surface area contributed by atoms with E-state index in [0.29, 0.717) is 0 Å². The molecule has 0 aliphatic carbocycles. The van der Waals surface area contributed by atoms with Crippen molar-refractivity contribution in [2.45, 2.75) is 0 Å². The third-order valence-electron chi connectivity index (χ3n) is 11.6. The summed E-state index contributed by atoms with van der Waals surface area (Å²) in [5.41, 5.74) is 14.0. The van der Waals surface area contributed by atoms with Crippen LogP contribution in [0.2, 0.25) is 0 Å². The number of rotatable bonds is 7. The molecule has 0 aliphatic heterocycles. The fourth-order valence-corrected chi connectivity index (χ4v) is 9.02.